The lowest BCUT2D eigenvalue weighted by Gasteiger charge is -1.95. The number of benzene rings is 3. The molecule has 2 heterocycles. The summed E-state index contributed by atoms with van der Waals surface area (Å²) in [4.78, 5) is 3.62. The van der Waals surface area contributed by atoms with Gasteiger partial charge in [-0.1, -0.05) is 42.0 Å². The van der Waals surface area contributed by atoms with Crippen LogP contribution in [0.4, 0.5) is 0 Å². The van der Waals surface area contributed by atoms with Crippen LogP contribution >= 0.6 is 11.3 Å². The van der Waals surface area contributed by atoms with Gasteiger partial charge >= 0.3 is 0 Å². The second-order valence-electron chi connectivity index (χ2n) is 5.64. The Bertz CT molecular complexity index is 1140. The predicted molar refractivity (Wildman–Crippen MR) is 93.4 cm³/mol. The van der Waals surface area contributed by atoms with Crippen LogP contribution in [0.5, 0.6) is 0 Å². The highest BCUT2D eigenvalue weighted by Crippen LogP contribution is 2.40. The third-order valence-corrected chi connectivity index (χ3v) is 5.48. The van der Waals surface area contributed by atoms with Crippen LogP contribution < -0.4 is 0 Å². The molecule has 0 aliphatic rings. The number of aryl methyl sites for hydroxylation is 1. The molecule has 0 unspecified atom stereocenters. The minimum absolute atomic E-state index is 1.22. The van der Waals surface area contributed by atoms with E-state index in [4.69, 9.17) is 0 Å². The van der Waals surface area contributed by atoms with Crippen LogP contribution in [0.1, 0.15) is 5.56 Å². The maximum atomic E-state index is 3.62. The highest BCUT2D eigenvalue weighted by molar-refractivity contribution is 7.26. The van der Waals surface area contributed by atoms with E-state index in [0.717, 1.165) is 0 Å². The lowest BCUT2D eigenvalue weighted by Crippen LogP contribution is -1.71. The van der Waals surface area contributed by atoms with Gasteiger partial charge in [0.25, 0.3) is 0 Å². The van der Waals surface area contributed by atoms with Gasteiger partial charge in [-0.05, 0) is 25.1 Å². The minimum Gasteiger partial charge on any atom is -0.353 e. The van der Waals surface area contributed by atoms with Crippen molar-refractivity contribution >= 4 is 53.3 Å². The molecular formula is C19H13NS. The lowest BCUT2D eigenvalue weighted by molar-refractivity contribution is 1.49. The molecule has 3 aromatic carbocycles. The van der Waals surface area contributed by atoms with Crippen molar-refractivity contribution in [1.29, 1.82) is 0 Å². The van der Waals surface area contributed by atoms with Crippen LogP contribution in [0, 0.1) is 6.92 Å². The first-order valence-electron chi connectivity index (χ1n) is 7.13. The molecule has 0 bridgehead atoms. The van der Waals surface area contributed by atoms with Gasteiger partial charge < -0.3 is 4.98 Å². The maximum absolute atomic E-state index is 3.62. The van der Waals surface area contributed by atoms with Crippen molar-refractivity contribution in [3.63, 3.8) is 0 Å². The van der Waals surface area contributed by atoms with E-state index < -0.39 is 0 Å². The molecule has 0 spiro atoms. The number of aromatic amines is 1. The van der Waals surface area contributed by atoms with Crippen LogP contribution in [0.2, 0.25) is 0 Å². The molecule has 100 valence electrons. The van der Waals surface area contributed by atoms with Crippen LogP contribution in [0.25, 0.3) is 42.0 Å². The summed E-state index contributed by atoms with van der Waals surface area (Å²) in [5.74, 6) is 0. The molecule has 0 aliphatic heterocycles. The van der Waals surface area contributed by atoms with Gasteiger partial charge in [0.15, 0.2) is 0 Å². The molecule has 0 atom stereocenters. The zero-order valence-corrected chi connectivity index (χ0v) is 12.4. The second-order valence-corrected chi connectivity index (χ2v) is 6.69. The maximum Gasteiger partial charge on any atom is 0.0646 e. The normalized spacial score (nSPS) is 12.0. The molecule has 0 saturated heterocycles. The van der Waals surface area contributed by atoms with Gasteiger partial charge in [0.05, 0.1) is 10.2 Å². The van der Waals surface area contributed by atoms with Gasteiger partial charge in [0.1, 0.15) is 0 Å². The van der Waals surface area contributed by atoms with Crippen LogP contribution in [-0.4, -0.2) is 4.98 Å². The van der Waals surface area contributed by atoms with Crippen molar-refractivity contribution in [3.8, 4) is 0 Å². The van der Waals surface area contributed by atoms with E-state index in [-0.39, 0.29) is 0 Å². The summed E-state index contributed by atoms with van der Waals surface area (Å²) in [6, 6.07) is 19.8. The fraction of sp³-hybridized carbons (Fsp3) is 0.0526. The first-order valence-corrected chi connectivity index (χ1v) is 7.95. The van der Waals surface area contributed by atoms with Gasteiger partial charge in [-0.25, -0.2) is 0 Å². The number of H-pyrrole nitrogens is 1. The van der Waals surface area contributed by atoms with Gasteiger partial charge in [-0.15, -0.1) is 11.3 Å². The average Bonchev–Trinajstić information content (AvgIpc) is 3.05. The van der Waals surface area contributed by atoms with Gasteiger partial charge in [0.2, 0.25) is 0 Å². The molecule has 21 heavy (non-hydrogen) atoms. The monoisotopic (exact) mass is 287 g/mol. The van der Waals surface area contributed by atoms with Gasteiger partial charge in [0, 0.05) is 31.8 Å². The topological polar surface area (TPSA) is 15.8 Å². The van der Waals surface area contributed by atoms with E-state index in [1.165, 1.54) is 47.5 Å². The summed E-state index contributed by atoms with van der Waals surface area (Å²) in [6.45, 7) is 2.15. The Morgan fingerprint density at radius 3 is 2.62 bits per heavy atom. The Labute approximate surface area is 125 Å². The largest absolute Gasteiger partial charge is 0.353 e. The minimum atomic E-state index is 1.22. The summed E-state index contributed by atoms with van der Waals surface area (Å²) in [5, 5.41) is 5.36. The van der Waals surface area contributed by atoms with Gasteiger partial charge in [-0.3, -0.25) is 0 Å². The van der Waals surface area contributed by atoms with E-state index in [0.29, 0.717) is 0 Å². The third kappa shape index (κ3) is 1.45. The van der Waals surface area contributed by atoms with E-state index in [2.05, 4.69) is 66.5 Å². The molecule has 0 saturated carbocycles. The highest BCUT2D eigenvalue weighted by Gasteiger charge is 2.11. The number of hydrogen-bond donors (Lipinski definition) is 1. The highest BCUT2D eigenvalue weighted by atomic mass is 32.1. The molecule has 0 radical (unpaired) electrons. The molecule has 0 aliphatic carbocycles. The third-order valence-electron chi connectivity index (χ3n) is 4.27. The molecule has 1 nitrogen and oxygen atoms in total. The van der Waals surface area contributed by atoms with Crippen molar-refractivity contribution in [2.24, 2.45) is 0 Å². The number of nitrogens with one attached hydrogen (secondary N) is 1. The quantitative estimate of drug-likeness (QED) is 0.359. The van der Waals surface area contributed by atoms with Crippen LogP contribution in [0.15, 0.2) is 54.6 Å². The van der Waals surface area contributed by atoms with Crippen LogP contribution in [-0.2, 0) is 0 Å². The average molecular weight is 287 g/mol. The number of hydrogen-bond acceptors (Lipinski definition) is 1. The summed E-state index contributed by atoms with van der Waals surface area (Å²) in [6.07, 6.45) is 0. The van der Waals surface area contributed by atoms with E-state index >= 15 is 0 Å². The van der Waals surface area contributed by atoms with Gasteiger partial charge in [-0.2, -0.15) is 0 Å². The van der Waals surface area contributed by atoms with Crippen molar-refractivity contribution < 1.29 is 0 Å². The molecule has 2 aromatic heterocycles. The first-order chi connectivity index (χ1) is 10.3. The first kappa shape index (κ1) is 11.4. The summed E-state index contributed by atoms with van der Waals surface area (Å²) in [7, 11) is 0. The molecule has 5 aromatic rings. The Kier molecular flexibility index (Phi) is 2.09. The second kappa shape index (κ2) is 3.86. The Morgan fingerprint density at radius 1 is 0.810 bits per heavy atom. The van der Waals surface area contributed by atoms with Crippen molar-refractivity contribution in [1.82, 2.24) is 4.98 Å². The van der Waals surface area contributed by atoms with E-state index in [9.17, 15) is 0 Å². The van der Waals surface area contributed by atoms with E-state index in [1.54, 1.807) is 0 Å². The van der Waals surface area contributed by atoms with Crippen LogP contribution in [0.3, 0.4) is 0 Å². The zero-order chi connectivity index (χ0) is 14.0. The molecule has 2 heteroatoms. The smallest absolute Gasteiger partial charge is 0.0646 e. The van der Waals surface area contributed by atoms with Crippen molar-refractivity contribution in [2.45, 2.75) is 6.92 Å². The fourth-order valence-corrected chi connectivity index (χ4v) is 4.47. The lowest BCUT2D eigenvalue weighted by atomic mass is 10.1. The Balaban J connectivity index is 2.06. The molecule has 1 N–H and O–H groups in total. The van der Waals surface area contributed by atoms with Crippen molar-refractivity contribution in [3.05, 3.63) is 60.2 Å². The Hall–Kier alpha value is -2.32. The standard InChI is InChI=1S/C19H13NS/c1-11-6-9-16-15(10-11)13-7-8-14-12-4-2-3-5-17(12)21-19(14)18(13)20-16/h2-10,20H,1H3. The number of aromatic nitrogens is 1. The molecular weight excluding hydrogens is 274 g/mol. The fourth-order valence-electron chi connectivity index (χ4n) is 3.26. The summed E-state index contributed by atoms with van der Waals surface area (Å²) >= 11 is 1.88. The number of thiophene rings is 1. The molecule has 0 amide bonds. The van der Waals surface area contributed by atoms with E-state index in [1.807, 2.05) is 11.3 Å². The Morgan fingerprint density at radius 2 is 1.67 bits per heavy atom. The summed E-state index contributed by atoms with van der Waals surface area (Å²) < 4.78 is 2.72. The predicted octanol–water partition coefficient (Wildman–Crippen LogP) is 6.00. The zero-order valence-electron chi connectivity index (χ0n) is 11.6. The van der Waals surface area contributed by atoms with Crippen molar-refractivity contribution in [2.75, 3.05) is 0 Å². The number of rotatable bonds is 0. The summed E-state index contributed by atoms with van der Waals surface area (Å²) in [5.41, 5.74) is 3.80. The molecule has 5 rings (SSSR count). The number of fused-ring (bicyclic) bond motifs is 7. The molecule has 0 fully saturated rings. The SMILES string of the molecule is Cc1ccc2[nH]c3c(ccc4c5ccccc5sc43)c2c1.